The Bertz CT molecular complexity index is 323. The van der Waals surface area contributed by atoms with E-state index in [-0.39, 0.29) is 17.7 Å². The fourth-order valence-corrected chi connectivity index (χ4v) is 1.71. The van der Waals surface area contributed by atoms with Crippen molar-refractivity contribution in [2.75, 3.05) is 6.61 Å². The third-order valence-corrected chi connectivity index (χ3v) is 2.47. The van der Waals surface area contributed by atoms with Crippen LogP contribution in [0.1, 0.15) is 18.4 Å². The molecule has 0 saturated heterocycles. The average Bonchev–Trinajstić information content (AvgIpc) is 2.49. The Balaban J connectivity index is 2.46. The predicted octanol–water partition coefficient (Wildman–Crippen LogP) is 1.22. The molecule has 0 aromatic heterocycles. The van der Waals surface area contributed by atoms with Crippen molar-refractivity contribution in [2.24, 2.45) is 5.73 Å². The summed E-state index contributed by atoms with van der Waals surface area (Å²) in [6.07, 6.45) is 0. The molecule has 1 aliphatic rings. The minimum atomic E-state index is 0.00884. The maximum absolute atomic E-state index is 9.62. The number of hydrogen-bond acceptors (Lipinski definition) is 3. The van der Waals surface area contributed by atoms with Crippen LogP contribution in [0.2, 0.25) is 0 Å². The summed E-state index contributed by atoms with van der Waals surface area (Å²) in [7, 11) is 0. The first-order valence-corrected chi connectivity index (χ1v) is 4.40. The quantitative estimate of drug-likeness (QED) is 0.681. The number of fused-ring (bicyclic) bond motifs is 1. The molecule has 2 atom stereocenters. The number of ether oxygens (including phenoxy) is 1. The molecule has 2 rings (SSSR count). The molecule has 3 heteroatoms. The normalized spacial score (nSPS) is 22.2. The SMILES string of the molecule is CC(N)C1COc2cccc(O)c21. The summed E-state index contributed by atoms with van der Waals surface area (Å²) in [5.41, 5.74) is 6.65. The Morgan fingerprint density at radius 1 is 1.62 bits per heavy atom. The molecule has 1 aromatic rings. The van der Waals surface area contributed by atoms with Crippen LogP contribution in [0.15, 0.2) is 18.2 Å². The molecule has 0 radical (unpaired) electrons. The third-order valence-electron chi connectivity index (χ3n) is 2.47. The molecule has 0 amide bonds. The van der Waals surface area contributed by atoms with E-state index in [9.17, 15) is 5.11 Å². The number of nitrogens with two attached hydrogens (primary N) is 1. The van der Waals surface area contributed by atoms with E-state index in [1.165, 1.54) is 0 Å². The molecular weight excluding hydrogens is 166 g/mol. The Morgan fingerprint density at radius 2 is 2.38 bits per heavy atom. The van der Waals surface area contributed by atoms with E-state index in [2.05, 4.69) is 0 Å². The Labute approximate surface area is 77.1 Å². The summed E-state index contributed by atoms with van der Waals surface area (Å²) in [4.78, 5) is 0. The topological polar surface area (TPSA) is 55.5 Å². The largest absolute Gasteiger partial charge is 0.508 e. The minimum Gasteiger partial charge on any atom is -0.508 e. The summed E-state index contributed by atoms with van der Waals surface area (Å²) in [6.45, 7) is 2.50. The van der Waals surface area contributed by atoms with Gasteiger partial charge in [-0.15, -0.1) is 0 Å². The number of aromatic hydroxyl groups is 1. The second-order valence-electron chi connectivity index (χ2n) is 3.47. The van der Waals surface area contributed by atoms with Gasteiger partial charge < -0.3 is 15.6 Å². The average molecular weight is 179 g/mol. The number of phenols is 1. The summed E-state index contributed by atoms with van der Waals surface area (Å²) >= 11 is 0. The highest BCUT2D eigenvalue weighted by molar-refractivity contribution is 5.49. The minimum absolute atomic E-state index is 0.00884. The zero-order valence-corrected chi connectivity index (χ0v) is 7.53. The zero-order chi connectivity index (χ0) is 9.42. The lowest BCUT2D eigenvalue weighted by atomic mass is 9.94. The van der Waals surface area contributed by atoms with Crippen molar-refractivity contribution in [3.8, 4) is 11.5 Å². The molecular formula is C10H13NO2. The van der Waals surface area contributed by atoms with Gasteiger partial charge in [0.15, 0.2) is 0 Å². The first-order valence-electron chi connectivity index (χ1n) is 4.40. The number of phenolic OH excluding ortho intramolecular Hbond substituents is 1. The van der Waals surface area contributed by atoms with Crippen LogP contribution in [0.25, 0.3) is 0 Å². The van der Waals surface area contributed by atoms with Crippen LogP contribution in [0.3, 0.4) is 0 Å². The third kappa shape index (κ3) is 1.25. The molecule has 0 spiro atoms. The molecule has 0 bridgehead atoms. The Hall–Kier alpha value is -1.22. The van der Waals surface area contributed by atoms with Gasteiger partial charge in [0, 0.05) is 17.5 Å². The summed E-state index contributed by atoms with van der Waals surface area (Å²) in [5, 5.41) is 9.62. The highest BCUT2D eigenvalue weighted by Gasteiger charge is 2.29. The monoisotopic (exact) mass is 179 g/mol. The second kappa shape index (κ2) is 2.92. The summed E-state index contributed by atoms with van der Waals surface area (Å²) < 4.78 is 5.41. The standard InChI is InChI=1S/C10H13NO2/c1-6(11)7-5-13-9-4-2-3-8(12)10(7)9/h2-4,6-7,12H,5,11H2,1H3. The molecule has 1 aliphatic heterocycles. The van der Waals surface area contributed by atoms with E-state index < -0.39 is 0 Å². The van der Waals surface area contributed by atoms with Crippen molar-refractivity contribution in [1.82, 2.24) is 0 Å². The van der Waals surface area contributed by atoms with E-state index in [0.717, 1.165) is 11.3 Å². The molecule has 1 aromatic carbocycles. The molecule has 3 nitrogen and oxygen atoms in total. The summed E-state index contributed by atoms with van der Waals surface area (Å²) in [5.74, 6) is 1.18. The fourth-order valence-electron chi connectivity index (χ4n) is 1.71. The van der Waals surface area contributed by atoms with Gasteiger partial charge in [0.25, 0.3) is 0 Å². The first-order chi connectivity index (χ1) is 6.20. The van der Waals surface area contributed by atoms with Crippen LogP contribution < -0.4 is 10.5 Å². The number of benzene rings is 1. The van der Waals surface area contributed by atoms with Gasteiger partial charge in [0.1, 0.15) is 11.5 Å². The molecule has 3 N–H and O–H groups in total. The zero-order valence-electron chi connectivity index (χ0n) is 7.53. The molecule has 1 heterocycles. The van der Waals surface area contributed by atoms with Crippen molar-refractivity contribution in [3.05, 3.63) is 23.8 Å². The van der Waals surface area contributed by atoms with Gasteiger partial charge in [-0.3, -0.25) is 0 Å². The van der Waals surface area contributed by atoms with E-state index in [0.29, 0.717) is 6.61 Å². The molecule has 0 aliphatic carbocycles. The van der Waals surface area contributed by atoms with E-state index in [1.54, 1.807) is 12.1 Å². The Morgan fingerprint density at radius 3 is 3.08 bits per heavy atom. The van der Waals surface area contributed by atoms with Crippen molar-refractivity contribution >= 4 is 0 Å². The maximum atomic E-state index is 9.62. The Kier molecular flexibility index (Phi) is 1.88. The van der Waals surface area contributed by atoms with Crippen LogP contribution in [-0.2, 0) is 0 Å². The van der Waals surface area contributed by atoms with Crippen LogP contribution in [0.4, 0.5) is 0 Å². The van der Waals surface area contributed by atoms with E-state index in [1.807, 2.05) is 13.0 Å². The first kappa shape index (κ1) is 8.38. The van der Waals surface area contributed by atoms with Crippen molar-refractivity contribution < 1.29 is 9.84 Å². The van der Waals surface area contributed by atoms with Crippen molar-refractivity contribution in [3.63, 3.8) is 0 Å². The van der Waals surface area contributed by atoms with Crippen LogP contribution in [0.5, 0.6) is 11.5 Å². The van der Waals surface area contributed by atoms with Crippen molar-refractivity contribution in [2.45, 2.75) is 18.9 Å². The lowest BCUT2D eigenvalue weighted by molar-refractivity contribution is 0.317. The second-order valence-corrected chi connectivity index (χ2v) is 3.47. The maximum Gasteiger partial charge on any atom is 0.126 e. The molecule has 70 valence electrons. The van der Waals surface area contributed by atoms with Crippen LogP contribution >= 0.6 is 0 Å². The lowest BCUT2D eigenvalue weighted by Gasteiger charge is -2.13. The van der Waals surface area contributed by atoms with E-state index >= 15 is 0 Å². The highest BCUT2D eigenvalue weighted by Crippen LogP contribution is 2.40. The van der Waals surface area contributed by atoms with Crippen molar-refractivity contribution in [1.29, 1.82) is 0 Å². The molecule has 0 fully saturated rings. The molecule has 13 heavy (non-hydrogen) atoms. The van der Waals surface area contributed by atoms with Gasteiger partial charge in [-0.1, -0.05) is 6.07 Å². The highest BCUT2D eigenvalue weighted by atomic mass is 16.5. The van der Waals surface area contributed by atoms with Gasteiger partial charge in [0.2, 0.25) is 0 Å². The van der Waals surface area contributed by atoms with E-state index in [4.69, 9.17) is 10.5 Å². The predicted molar refractivity (Wildman–Crippen MR) is 50.0 cm³/mol. The summed E-state index contributed by atoms with van der Waals surface area (Å²) in [6, 6.07) is 5.31. The van der Waals surface area contributed by atoms with Gasteiger partial charge in [0.05, 0.1) is 6.61 Å². The molecule has 0 saturated carbocycles. The van der Waals surface area contributed by atoms with Gasteiger partial charge in [-0.25, -0.2) is 0 Å². The fraction of sp³-hybridized carbons (Fsp3) is 0.400. The van der Waals surface area contributed by atoms with Gasteiger partial charge in [-0.2, -0.15) is 0 Å². The van der Waals surface area contributed by atoms with Crippen LogP contribution in [0, 0.1) is 0 Å². The molecule has 2 unspecified atom stereocenters. The van der Waals surface area contributed by atoms with Gasteiger partial charge in [-0.05, 0) is 19.1 Å². The van der Waals surface area contributed by atoms with Crippen LogP contribution in [-0.4, -0.2) is 17.8 Å². The number of hydrogen-bond donors (Lipinski definition) is 2. The van der Waals surface area contributed by atoms with Gasteiger partial charge >= 0.3 is 0 Å². The smallest absolute Gasteiger partial charge is 0.126 e. The number of rotatable bonds is 1. The lowest BCUT2D eigenvalue weighted by Crippen LogP contribution is -2.25.